The van der Waals surface area contributed by atoms with Gasteiger partial charge in [-0.3, -0.25) is 4.79 Å². The molecule has 0 radical (unpaired) electrons. The van der Waals surface area contributed by atoms with E-state index in [4.69, 9.17) is 9.72 Å². The second-order valence-corrected chi connectivity index (χ2v) is 8.26. The normalized spacial score (nSPS) is 10.7. The van der Waals surface area contributed by atoms with Gasteiger partial charge < -0.3 is 10.1 Å². The van der Waals surface area contributed by atoms with Crippen molar-refractivity contribution in [1.82, 2.24) is 14.8 Å². The number of nitrogens with zero attached hydrogens (tertiary/aromatic N) is 3. The molecule has 0 bridgehead atoms. The molecule has 4 rings (SSSR count). The zero-order valence-electron chi connectivity index (χ0n) is 15.7. The maximum absolute atomic E-state index is 12.7. The Hall–Kier alpha value is -2.72. The third-order valence-corrected chi connectivity index (χ3v) is 5.99. The summed E-state index contributed by atoms with van der Waals surface area (Å²) in [7, 11) is 1.64. The molecule has 1 amide bonds. The molecule has 2 aromatic carbocycles. The van der Waals surface area contributed by atoms with Crippen LogP contribution in [0.1, 0.15) is 16.1 Å². The van der Waals surface area contributed by atoms with Crippen LogP contribution in [0.3, 0.4) is 0 Å². The number of aromatic nitrogens is 3. The van der Waals surface area contributed by atoms with Crippen molar-refractivity contribution in [2.75, 3.05) is 12.4 Å². The Morgan fingerprint density at radius 2 is 2.00 bits per heavy atom. The molecule has 146 valence electrons. The Morgan fingerprint density at radius 3 is 2.79 bits per heavy atom. The van der Waals surface area contributed by atoms with Crippen LogP contribution in [0.15, 0.2) is 60.0 Å². The summed E-state index contributed by atoms with van der Waals surface area (Å²) in [5, 5.41) is 10.1. The van der Waals surface area contributed by atoms with E-state index in [0.29, 0.717) is 16.5 Å². The number of hydrogen-bond donors (Lipinski definition) is 1. The number of benzene rings is 2. The minimum atomic E-state index is -0.180. The van der Waals surface area contributed by atoms with Gasteiger partial charge in [0.05, 0.1) is 24.1 Å². The molecule has 0 spiro atoms. The molecule has 0 aliphatic heterocycles. The van der Waals surface area contributed by atoms with E-state index in [2.05, 4.69) is 33.0 Å². The number of ether oxygens (including phenoxy) is 1. The number of nitrogens with one attached hydrogen (secondary N) is 1. The number of anilines is 1. The van der Waals surface area contributed by atoms with E-state index in [1.165, 1.54) is 11.3 Å². The van der Waals surface area contributed by atoms with Crippen molar-refractivity contribution in [1.29, 1.82) is 0 Å². The fourth-order valence-corrected chi connectivity index (χ4v) is 4.27. The van der Waals surface area contributed by atoms with Crippen molar-refractivity contribution in [3.63, 3.8) is 0 Å². The molecule has 0 atom stereocenters. The first-order valence-electron chi connectivity index (χ1n) is 8.78. The number of methoxy groups -OCH3 is 1. The van der Waals surface area contributed by atoms with Gasteiger partial charge in [-0.15, -0.1) is 11.3 Å². The number of amides is 1. The smallest absolute Gasteiger partial charge is 0.257 e. The first-order valence-corrected chi connectivity index (χ1v) is 10.7. The van der Waals surface area contributed by atoms with Crippen molar-refractivity contribution in [2.24, 2.45) is 0 Å². The van der Waals surface area contributed by atoms with Crippen LogP contribution in [-0.4, -0.2) is 27.8 Å². The lowest BCUT2D eigenvalue weighted by molar-refractivity contribution is 0.102. The van der Waals surface area contributed by atoms with E-state index in [0.717, 1.165) is 26.3 Å². The quantitative estimate of drug-likeness (QED) is 0.372. The molecule has 4 aromatic rings. The predicted molar refractivity (Wildman–Crippen MR) is 123 cm³/mol. The van der Waals surface area contributed by atoms with Gasteiger partial charge in [0.15, 0.2) is 0 Å². The number of thiazole rings is 1. The Morgan fingerprint density at radius 1 is 1.17 bits per heavy atom. The molecule has 2 aromatic heterocycles. The summed E-state index contributed by atoms with van der Waals surface area (Å²) in [6, 6.07) is 17.0. The molecular weight excluding hydrogens is 499 g/mol. The van der Waals surface area contributed by atoms with Crippen LogP contribution >= 0.6 is 33.9 Å². The maximum Gasteiger partial charge on any atom is 0.257 e. The number of carbonyl (C=O) groups excluding carboxylic acids is 1. The van der Waals surface area contributed by atoms with Gasteiger partial charge in [-0.25, -0.2) is 4.98 Å². The van der Waals surface area contributed by atoms with Crippen molar-refractivity contribution in [3.05, 3.63) is 74.8 Å². The van der Waals surface area contributed by atoms with Crippen molar-refractivity contribution in [2.45, 2.75) is 6.92 Å². The number of aryl methyl sites for hydroxylation is 1. The average molecular weight is 516 g/mol. The van der Waals surface area contributed by atoms with E-state index in [1.54, 1.807) is 17.9 Å². The average Bonchev–Trinajstić information content (AvgIpc) is 3.35. The molecule has 0 fully saturated rings. The van der Waals surface area contributed by atoms with Gasteiger partial charge in [0.1, 0.15) is 11.6 Å². The minimum absolute atomic E-state index is 0.180. The van der Waals surface area contributed by atoms with Crippen LogP contribution in [0.25, 0.3) is 16.4 Å². The van der Waals surface area contributed by atoms with Crippen molar-refractivity contribution < 1.29 is 9.53 Å². The number of hydrogen-bond acceptors (Lipinski definition) is 5. The molecule has 0 saturated heterocycles. The predicted octanol–water partition coefficient (Wildman–Crippen LogP) is 5.17. The summed E-state index contributed by atoms with van der Waals surface area (Å²) in [6.07, 6.45) is 0. The summed E-state index contributed by atoms with van der Waals surface area (Å²) in [6.45, 7) is 1.88. The van der Waals surface area contributed by atoms with E-state index in [9.17, 15) is 4.79 Å². The van der Waals surface area contributed by atoms with E-state index in [1.807, 2.05) is 60.8 Å². The third kappa shape index (κ3) is 4.18. The molecule has 0 saturated carbocycles. The molecule has 0 aliphatic rings. The lowest BCUT2D eigenvalue weighted by atomic mass is 10.2. The molecular formula is C21H17IN4O2S. The highest BCUT2D eigenvalue weighted by atomic mass is 127. The van der Waals surface area contributed by atoms with Crippen LogP contribution in [0.4, 0.5) is 5.82 Å². The Bertz CT molecular complexity index is 1180. The second-order valence-electron chi connectivity index (χ2n) is 6.26. The van der Waals surface area contributed by atoms with Gasteiger partial charge in [0, 0.05) is 20.6 Å². The van der Waals surface area contributed by atoms with Crippen LogP contribution < -0.4 is 10.1 Å². The molecule has 6 nitrogen and oxygen atoms in total. The molecule has 1 N–H and O–H groups in total. The molecule has 0 unspecified atom stereocenters. The second kappa shape index (κ2) is 8.34. The Balaban J connectivity index is 1.64. The molecule has 29 heavy (non-hydrogen) atoms. The fraction of sp³-hybridized carbons (Fsp3) is 0.0952. The van der Waals surface area contributed by atoms with Gasteiger partial charge in [0.2, 0.25) is 5.13 Å². The van der Waals surface area contributed by atoms with Crippen molar-refractivity contribution in [3.8, 4) is 22.1 Å². The highest BCUT2D eigenvalue weighted by Crippen LogP contribution is 2.28. The van der Waals surface area contributed by atoms with Crippen LogP contribution in [0.2, 0.25) is 0 Å². The maximum atomic E-state index is 12.7. The zero-order valence-corrected chi connectivity index (χ0v) is 18.7. The lowest BCUT2D eigenvalue weighted by Crippen LogP contribution is -2.16. The minimum Gasteiger partial charge on any atom is -0.497 e. The SMILES string of the molecule is COc1cccc(-c2csc(-n3nc(C)cc3NC(=O)c3ccccc3I)n2)c1. The Labute approximate surface area is 185 Å². The highest BCUT2D eigenvalue weighted by Gasteiger charge is 2.16. The lowest BCUT2D eigenvalue weighted by Gasteiger charge is -2.08. The van der Waals surface area contributed by atoms with E-state index >= 15 is 0 Å². The summed E-state index contributed by atoms with van der Waals surface area (Å²) < 4.78 is 7.85. The van der Waals surface area contributed by atoms with Gasteiger partial charge in [-0.2, -0.15) is 9.78 Å². The molecule has 2 heterocycles. The van der Waals surface area contributed by atoms with E-state index in [-0.39, 0.29) is 5.91 Å². The number of halogens is 1. The van der Waals surface area contributed by atoms with Crippen LogP contribution in [-0.2, 0) is 0 Å². The van der Waals surface area contributed by atoms with Gasteiger partial charge in [0.25, 0.3) is 5.91 Å². The number of rotatable bonds is 5. The summed E-state index contributed by atoms with van der Waals surface area (Å²) in [5.41, 5.74) is 3.20. The standard InChI is InChI=1S/C21H17IN4O2S/c1-13-10-19(24-20(27)16-8-3-4-9-17(16)22)26(25-13)21-23-18(12-29-21)14-6-5-7-15(11-14)28-2/h3-12H,1-2H3,(H,24,27). The Kier molecular flexibility index (Phi) is 5.63. The highest BCUT2D eigenvalue weighted by molar-refractivity contribution is 14.1. The molecule has 8 heteroatoms. The first kappa shape index (κ1) is 19.6. The van der Waals surface area contributed by atoms with E-state index < -0.39 is 0 Å². The first-order chi connectivity index (χ1) is 14.0. The summed E-state index contributed by atoms with van der Waals surface area (Å²) in [4.78, 5) is 17.4. The number of carbonyl (C=O) groups is 1. The van der Waals surface area contributed by atoms with Crippen molar-refractivity contribution >= 4 is 45.7 Å². The zero-order chi connectivity index (χ0) is 20.4. The van der Waals surface area contributed by atoms with Gasteiger partial charge >= 0.3 is 0 Å². The third-order valence-electron chi connectivity index (χ3n) is 4.23. The van der Waals surface area contributed by atoms with Gasteiger partial charge in [-0.05, 0) is 53.8 Å². The monoisotopic (exact) mass is 516 g/mol. The topological polar surface area (TPSA) is 69.0 Å². The van der Waals surface area contributed by atoms with Crippen LogP contribution in [0.5, 0.6) is 5.75 Å². The van der Waals surface area contributed by atoms with Gasteiger partial charge in [-0.1, -0.05) is 24.3 Å². The van der Waals surface area contributed by atoms with Crippen LogP contribution in [0, 0.1) is 10.5 Å². The summed E-state index contributed by atoms with van der Waals surface area (Å²) in [5.74, 6) is 1.18. The summed E-state index contributed by atoms with van der Waals surface area (Å²) >= 11 is 3.62. The largest absolute Gasteiger partial charge is 0.497 e. The molecule has 0 aliphatic carbocycles. The fourth-order valence-electron chi connectivity index (χ4n) is 2.84.